The lowest BCUT2D eigenvalue weighted by molar-refractivity contribution is 0.640. The fourth-order valence-electron chi connectivity index (χ4n) is 2.04. The largest absolute Gasteiger partial charge is 0.264 e. The summed E-state index contributed by atoms with van der Waals surface area (Å²) >= 11 is 14.5. The Morgan fingerprint density at radius 2 is 1.95 bits per heavy atom. The quantitative estimate of drug-likeness (QED) is 0.653. The van der Waals surface area contributed by atoms with Gasteiger partial charge in [0.1, 0.15) is 0 Å². The van der Waals surface area contributed by atoms with E-state index in [1.54, 1.807) is 6.07 Å². The zero-order valence-electron chi connectivity index (χ0n) is 10.9. The van der Waals surface area contributed by atoms with Gasteiger partial charge in [-0.05, 0) is 53.1 Å². The van der Waals surface area contributed by atoms with Crippen LogP contribution in [-0.2, 0) is 19.4 Å². The van der Waals surface area contributed by atoms with Gasteiger partial charge in [0.15, 0.2) is 0 Å². The highest BCUT2D eigenvalue weighted by molar-refractivity contribution is 14.1. The molecule has 0 saturated carbocycles. The average molecular weight is 409 g/mol. The first-order valence-corrected chi connectivity index (χ1v) is 8.08. The second-order valence-corrected chi connectivity index (χ2v) is 6.23. The highest BCUT2D eigenvalue weighted by atomic mass is 127. The standard InChI is InChI=1S/C14H15Cl2IN2/c1-3-12-14(17)13(4-2)19(18-12)8-9-5-6-10(15)7-11(9)16/h5-7H,3-4,8H2,1-2H3. The first-order valence-electron chi connectivity index (χ1n) is 6.24. The van der Waals surface area contributed by atoms with Crippen LogP contribution < -0.4 is 0 Å². The van der Waals surface area contributed by atoms with Gasteiger partial charge in [0.2, 0.25) is 0 Å². The number of nitrogens with zero attached hydrogens (tertiary/aromatic N) is 2. The second-order valence-electron chi connectivity index (χ2n) is 4.31. The monoisotopic (exact) mass is 408 g/mol. The Balaban J connectivity index is 2.37. The van der Waals surface area contributed by atoms with Gasteiger partial charge in [-0.2, -0.15) is 5.10 Å². The molecule has 0 aliphatic carbocycles. The molecule has 2 nitrogen and oxygen atoms in total. The van der Waals surface area contributed by atoms with E-state index in [2.05, 4.69) is 46.2 Å². The van der Waals surface area contributed by atoms with Crippen molar-refractivity contribution >= 4 is 45.8 Å². The molecule has 0 radical (unpaired) electrons. The number of aromatic nitrogens is 2. The zero-order valence-corrected chi connectivity index (χ0v) is 14.6. The number of hydrogen-bond acceptors (Lipinski definition) is 1. The third-order valence-electron chi connectivity index (χ3n) is 3.06. The van der Waals surface area contributed by atoms with Gasteiger partial charge in [0.25, 0.3) is 0 Å². The number of hydrogen-bond donors (Lipinski definition) is 0. The minimum absolute atomic E-state index is 0.661. The van der Waals surface area contributed by atoms with Crippen molar-refractivity contribution in [2.24, 2.45) is 0 Å². The summed E-state index contributed by atoms with van der Waals surface area (Å²) in [6.45, 7) is 4.97. The van der Waals surface area contributed by atoms with Crippen molar-refractivity contribution in [2.45, 2.75) is 33.2 Å². The molecule has 0 atom stereocenters. The maximum atomic E-state index is 6.23. The molecule has 0 bridgehead atoms. The molecule has 2 aromatic rings. The summed E-state index contributed by atoms with van der Waals surface area (Å²) in [4.78, 5) is 0. The average Bonchev–Trinajstić information content (AvgIpc) is 2.68. The van der Waals surface area contributed by atoms with Crippen molar-refractivity contribution in [3.63, 3.8) is 0 Å². The van der Waals surface area contributed by atoms with E-state index in [1.807, 2.05) is 12.1 Å². The summed E-state index contributed by atoms with van der Waals surface area (Å²) in [5.74, 6) is 0. The number of halogens is 3. The van der Waals surface area contributed by atoms with E-state index in [9.17, 15) is 0 Å². The van der Waals surface area contributed by atoms with Gasteiger partial charge in [0, 0.05) is 10.0 Å². The molecule has 0 amide bonds. The van der Waals surface area contributed by atoms with Crippen molar-refractivity contribution in [1.82, 2.24) is 9.78 Å². The van der Waals surface area contributed by atoms with Crippen molar-refractivity contribution in [2.75, 3.05) is 0 Å². The van der Waals surface area contributed by atoms with E-state index >= 15 is 0 Å². The van der Waals surface area contributed by atoms with Crippen molar-refractivity contribution in [3.8, 4) is 0 Å². The van der Waals surface area contributed by atoms with Gasteiger partial charge in [0.05, 0.1) is 21.5 Å². The number of aryl methyl sites for hydroxylation is 1. The zero-order chi connectivity index (χ0) is 14.0. The van der Waals surface area contributed by atoms with Crippen molar-refractivity contribution in [1.29, 1.82) is 0 Å². The number of rotatable bonds is 4. The van der Waals surface area contributed by atoms with Crippen LogP contribution in [0.3, 0.4) is 0 Å². The molecule has 0 saturated heterocycles. The number of benzene rings is 1. The Hall–Kier alpha value is -0.260. The Morgan fingerprint density at radius 3 is 2.53 bits per heavy atom. The van der Waals surface area contributed by atoms with E-state index in [1.165, 1.54) is 9.26 Å². The van der Waals surface area contributed by atoms with Gasteiger partial charge in [-0.15, -0.1) is 0 Å². The summed E-state index contributed by atoms with van der Waals surface area (Å²) in [6.07, 6.45) is 1.92. The molecule has 0 aliphatic rings. The second kappa shape index (κ2) is 6.46. The summed E-state index contributed by atoms with van der Waals surface area (Å²) in [6, 6.07) is 5.60. The molecule has 0 fully saturated rings. The third-order valence-corrected chi connectivity index (χ3v) is 4.90. The molecule has 0 unspecified atom stereocenters. The lowest BCUT2D eigenvalue weighted by Crippen LogP contribution is -2.06. The Labute approximate surface area is 137 Å². The first-order chi connectivity index (χ1) is 9.06. The van der Waals surface area contributed by atoms with E-state index in [0.717, 1.165) is 24.1 Å². The first kappa shape index (κ1) is 15.1. The Bertz CT molecular complexity index is 593. The summed E-state index contributed by atoms with van der Waals surface area (Å²) in [5, 5.41) is 6.03. The molecular weight excluding hydrogens is 394 g/mol. The van der Waals surface area contributed by atoms with E-state index in [0.29, 0.717) is 16.6 Å². The predicted octanol–water partition coefficient (Wildman–Crippen LogP) is 4.97. The molecule has 1 aromatic carbocycles. The SMILES string of the molecule is CCc1nn(Cc2ccc(Cl)cc2Cl)c(CC)c1I. The van der Waals surface area contributed by atoms with Crippen LogP contribution in [0.25, 0.3) is 0 Å². The smallest absolute Gasteiger partial charge is 0.0758 e. The van der Waals surface area contributed by atoms with E-state index in [4.69, 9.17) is 23.2 Å². The predicted molar refractivity (Wildman–Crippen MR) is 89.3 cm³/mol. The van der Waals surface area contributed by atoms with Gasteiger partial charge in [-0.1, -0.05) is 43.1 Å². The van der Waals surface area contributed by atoms with E-state index in [-0.39, 0.29) is 0 Å². The van der Waals surface area contributed by atoms with Gasteiger partial charge < -0.3 is 0 Å². The van der Waals surface area contributed by atoms with Gasteiger partial charge >= 0.3 is 0 Å². The minimum atomic E-state index is 0.661. The molecule has 0 N–H and O–H groups in total. The molecule has 1 heterocycles. The molecule has 19 heavy (non-hydrogen) atoms. The molecule has 2 rings (SSSR count). The molecule has 0 aliphatic heterocycles. The lowest BCUT2D eigenvalue weighted by atomic mass is 10.2. The fourth-order valence-corrected chi connectivity index (χ4v) is 3.65. The van der Waals surface area contributed by atoms with Gasteiger partial charge in [-0.3, -0.25) is 4.68 Å². The highest BCUT2D eigenvalue weighted by Crippen LogP contribution is 2.24. The highest BCUT2D eigenvalue weighted by Gasteiger charge is 2.14. The molecule has 0 spiro atoms. The van der Waals surface area contributed by atoms with Crippen LogP contribution in [-0.4, -0.2) is 9.78 Å². The van der Waals surface area contributed by atoms with Crippen LogP contribution in [0.4, 0.5) is 0 Å². The summed E-state index contributed by atoms with van der Waals surface area (Å²) < 4.78 is 3.32. The van der Waals surface area contributed by atoms with E-state index < -0.39 is 0 Å². The maximum Gasteiger partial charge on any atom is 0.0758 e. The normalized spacial score (nSPS) is 11.0. The molecule has 102 valence electrons. The van der Waals surface area contributed by atoms with Crippen LogP contribution >= 0.6 is 45.8 Å². The van der Waals surface area contributed by atoms with Crippen LogP contribution in [0.1, 0.15) is 30.8 Å². The third kappa shape index (κ3) is 3.26. The maximum absolute atomic E-state index is 6.23. The van der Waals surface area contributed by atoms with Crippen molar-refractivity contribution in [3.05, 3.63) is 48.8 Å². The topological polar surface area (TPSA) is 17.8 Å². The minimum Gasteiger partial charge on any atom is -0.264 e. The lowest BCUT2D eigenvalue weighted by Gasteiger charge is -2.08. The summed E-state index contributed by atoms with van der Waals surface area (Å²) in [7, 11) is 0. The molecule has 1 aromatic heterocycles. The summed E-state index contributed by atoms with van der Waals surface area (Å²) in [5.41, 5.74) is 3.47. The molecular formula is C14H15Cl2IN2. The molecule has 5 heteroatoms. The van der Waals surface area contributed by atoms with Gasteiger partial charge in [-0.25, -0.2) is 0 Å². The fraction of sp³-hybridized carbons (Fsp3) is 0.357. The Morgan fingerprint density at radius 1 is 1.21 bits per heavy atom. The van der Waals surface area contributed by atoms with Crippen molar-refractivity contribution < 1.29 is 0 Å². The Kier molecular flexibility index (Phi) is 5.15. The van der Waals surface area contributed by atoms with Crippen LogP contribution in [0.5, 0.6) is 0 Å². The van der Waals surface area contributed by atoms with Crippen LogP contribution in [0.2, 0.25) is 10.0 Å². The van der Waals surface area contributed by atoms with Crippen LogP contribution in [0, 0.1) is 3.57 Å². The van der Waals surface area contributed by atoms with Crippen LogP contribution in [0.15, 0.2) is 18.2 Å².